The molecule has 0 fully saturated rings. The zero-order valence-electron chi connectivity index (χ0n) is 19.8. The van der Waals surface area contributed by atoms with Gasteiger partial charge in [0.05, 0.1) is 17.0 Å². The number of aryl methyl sites for hydroxylation is 2. The van der Waals surface area contributed by atoms with Crippen molar-refractivity contribution in [1.29, 1.82) is 0 Å². The van der Waals surface area contributed by atoms with Crippen LogP contribution in [0.2, 0.25) is 0 Å². The van der Waals surface area contributed by atoms with Crippen molar-refractivity contribution < 1.29 is 27.8 Å². The van der Waals surface area contributed by atoms with Gasteiger partial charge in [-0.3, -0.25) is 9.58 Å². The lowest BCUT2D eigenvalue weighted by molar-refractivity contribution is -0.152. The summed E-state index contributed by atoms with van der Waals surface area (Å²) < 4.78 is 45.8. The van der Waals surface area contributed by atoms with Crippen LogP contribution in [-0.4, -0.2) is 38.4 Å². The molecule has 0 saturated heterocycles. The third-order valence-electron chi connectivity index (χ3n) is 5.49. The number of carboxylic acids is 1. The molecule has 1 aromatic heterocycles. The maximum atomic E-state index is 12.8. The van der Waals surface area contributed by atoms with Crippen LogP contribution >= 0.6 is 0 Å². The summed E-state index contributed by atoms with van der Waals surface area (Å²) in [6.07, 6.45) is -4.37. The molecular formula is C25H28F3N3O3. The molecule has 0 aliphatic heterocycles. The van der Waals surface area contributed by atoms with Gasteiger partial charge in [-0.05, 0) is 63.2 Å². The highest BCUT2D eigenvalue weighted by Gasteiger charge is 2.30. The van der Waals surface area contributed by atoms with Gasteiger partial charge in [-0.2, -0.15) is 18.3 Å². The van der Waals surface area contributed by atoms with Crippen LogP contribution in [-0.2, 0) is 31.1 Å². The van der Waals surface area contributed by atoms with E-state index in [0.29, 0.717) is 30.1 Å². The average Bonchev–Trinajstić information content (AvgIpc) is 3.09. The second kappa shape index (κ2) is 9.50. The predicted octanol–water partition coefficient (Wildman–Crippen LogP) is 5.29. The lowest BCUT2D eigenvalue weighted by atomic mass is 10.1. The predicted molar refractivity (Wildman–Crippen MR) is 122 cm³/mol. The Kier molecular flexibility index (Phi) is 7.07. The Morgan fingerprint density at radius 2 is 1.74 bits per heavy atom. The molecule has 0 aliphatic rings. The van der Waals surface area contributed by atoms with Gasteiger partial charge in [-0.1, -0.05) is 24.3 Å². The van der Waals surface area contributed by atoms with Gasteiger partial charge < -0.3 is 9.84 Å². The fourth-order valence-corrected chi connectivity index (χ4v) is 3.51. The summed E-state index contributed by atoms with van der Waals surface area (Å²) in [5.74, 6) is -0.519. The summed E-state index contributed by atoms with van der Waals surface area (Å²) in [5.41, 5.74) is 2.00. The monoisotopic (exact) mass is 475 g/mol. The molecule has 3 aromatic rings. The Bertz CT molecular complexity index is 1170. The molecule has 0 amide bonds. The molecule has 9 heteroatoms. The van der Waals surface area contributed by atoms with Crippen LogP contribution in [0.3, 0.4) is 0 Å². The maximum absolute atomic E-state index is 12.8. The van der Waals surface area contributed by atoms with Crippen molar-refractivity contribution >= 4 is 5.97 Å². The van der Waals surface area contributed by atoms with E-state index in [1.54, 1.807) is 17.8 Å². The minimum Gasteiger partial charge on any atom is -0.478 e. The van der Waals surface area contributed by atoms with Gasteiger partial charge in [-0.25, -0.2) is 4.79 Å². The first-order valence-electron chi connectivity index (χ1n) is 10.7. The fourth-order valence-electron chi connectivity index (χ4n) is 3.51. The largest absolute Gasteiger partial charge is 0.478 e. The van der Waals surface area contributed by atoms with Gasteiger partial charge in [0.1, 0.15) is 5.75 Å². The number of carboxylic acid groups (broad SMARTS) is 1. The number of carbonyl (C=O) groups is 1. The molecule has 6 nitrogen and oxygen atoms in total. The summed E-state index contributed by atoms with van der Waals surface area (Å²) in [4.78, 5) is 13.4. The van der Waals surface area contributed by atoms with E-state index >= 15 is 0 Å². The van der Waals surface area contributed by atoms with Gasteiger partial charge in [0, 0.05) is 25.7 Å². The van der Waals surface area contributed by atoms with Crippen molar-refractivity contribution in [1.82, 2.24) is 14.7 Å². The quantitative estimate of drug-likeness (QED) is 0.480. The number of aromatic nitrogens is 2. The smallest absolute Gasteiger partial charge is 0.416 e. The maximum Gasteiger partial charge on any atom is 0.416 e. The lowest BCUT2D eigenvalue weighted by Crippen LogP contribution is -2.38. The van der Waals surface area contributed by atoms with E-state index in [4.69, 9.17) is 4.74 Å². The molecular weight excluding hydrogens is 447 g/mol. The summed E-state index contributed by atoms with van der Waals surface area (Å²) >= 11 is 0. The first-order valence-corrected chi connectivity index (χ1v) is 10.7. The van der Waals surface area contributed by atoms with Crippen molar-refractivity contribution in [3.05, 3.63) is 70.9 Å². The second-order valence-corrected chi connectivity index (χ2v) is 8.91. The average molecular weight is 476 g/mol. The Morgan fingerprint density at radius 3 is 2.29 bits per heavy atom. The van der Waals surface area contributed by atoms with Crippen LogP contribution in [0.4, 0.5) is 13.2 Å². The highest BCUT2D eigenvalue weighted by molar-refractivity contribution is 5.76. The number of rotatable bonds is 8. The number of alkyl halides is 3. The van der Waals surface area contributed by atoms with Crippen LogP contribution in [0, 0.1) is 6.92 Å². The molecule has 1 N–H and O–H groups in total. The van der Waals surface area contributed by atoms with Crippen LogP contribution < -0.4 is 4.74 Å². The van der Waals surface area contributed by atoms with Crippen molar-refractivity contribution in [2.45, 2.75) is 45.6 Å². The minimum atomic E-state index is -4.37. The summed E-state index contributed by atoms with van der Waals surface area (Å²) in [6.45, 7) is 6.08. The first kappa shape index (κ1) is 25.3. The highest BCUT2D eigenvalue weighted by Crippen LogP contribution is 2.31. The molecule has 2 aromatic carbocycles. The molecule has 0 spiro atoms. The SMILES string of the molecule is Cc1cc(CN(C)Cc2cc(-c3ccc(C(F)(F)F)cc3)nn2C)ccc1OC(C)(C)C(=O)O. The molecule has 3 rings (SSSR count). The third-order valence-corrected chi connectivity index (χ3v) is 5.49. The van der Waals surface area contributed by atoms with E-state index < -0.39 is 23.3 Å². The minimum absolute atomic E-state index is 0.520. The van der Waals surface area contributed by atoms with E-state index in [0.717, 1.165) is 29.0 Å². The molecule has 0 radical (unpaired) electrons. The van der Waals surface area contributed by atoms with Gasteiger partial charge in [0.25, 0.3) is 0 Å². The zero-order chi connectivity index (χ0) is 25.3. The van der Waals surface area contributed by atoms with Crippen molar-refractivity contribution in [2.75, 3.05) is 7.05 Å². The number of halogens is 3. The van der Waals surface area contributed by atoms with E-state index in [2.05, 4.69) is 10.00 Å². The molecule has 0 bridgehead atoms. The van der Waals surface area contributed by atoms with Gasteiger partial charge in [0.2, 0.25) is 0 Å². The molecule has 0 saturated carbocycles. The summed E-state index contributed by atoms with van der Waals surface area (Å²) in [6, 6.07) is 12.5. The number of nitrogens with zero attached hydrogens (tertiary/aromatic N) is 3. The van der Waals surface area contributed by atoms with E-state index in [9.17, 15) is 23.1 Å². The molecule has 0 atom stereocenters. The zero-order valence-corrected chi connectivity index (χ0v) is 19.8. The normalized spacial score (nSPS) is 12.3. The topological polar surface area (TPSA) is 67.6 Å². The van der Waals surface area contributed by atoms with E-state index in [-0.39, 0.29) is 0 Å². The van der Waals surface area contributed by atoms with Crippen LogP contribution in [0.1, 0.15) is 36.2 Å². The van der Waals surface area contributed by atoms with Gasteiger partial charge in [-0.15, -0.1) is 0 Å². The second-order valence-electron chi connectivity index (χ2n) is 8.91. The Hall–Kier alpha value is -3.33. The standard InChI is InChI=1S/C25H28F3N3O3/c1-16-12-17(6-11-22(16)34-24(2,3)23(32)33)14-30(4)15-20-13-21(29-31(20)5)18-7-9-19(10-8-18)25(26,27)28/h6-13H,14-15H2,1-5H3,(H,32,33). The lowest BCUT2D eigenvalue weighted by Gasteiger charge is -2.23. The number of aliphatic carboxylic acids is 1. The molecule has 1 heterocycles. The Morgan fingerprint density at radius 1 is 1.09 bits per heavy atom. The number of benzene rings is 2. The van der Waals surface area contributed by atoms with Crippen LogP contribution in [0.25, 0.3) is 11.3 Å². The fraction of sp³-hybridized carbons (Fsp3) is 0.360. The third kappa shape index (κ3) is 5.96. The number of ether oxygens (including phenoxy) is 1. The number of hydrogen-bond donors (Lipinski definition) is 1. The Labute approximate surface area is 196 Å². The van der Waals surface area contributed by atoms with Crippen LogP contribution in [0.15, 0.2) is 48.5 Å². The highest BCUT2D eigenvalue weighted by atomic mass is 19.4. The first-order chi connectivity index (χ1) is 15.8. The molecule has 0 unspecified atom stereocenters. The van der Waals surface area contributed by atoms with Crippen molar-refractivity contribution in [3.8, 4) is 17.0 Å². The van der Waals surface area contributed by atoms with Crippen molar-refractivity contribution in [2.24, 2.45) is 7.05 Å². The van der Waals surface area contributed by atoms with Gasteiger partial charge in [0.15, 0.2) is 5.60 Å². The van der Waals surface area contributed by atoms with Crippen LogP contribution in [0.5, 0.6) is 5.75 Å². The Balaban J connectivity index is 1.67. The number of hydrogen-bond acceptors (Lipinski definition) is 4. The summed E-state index contributed by atoms with van der Waals surface area (Å²) in [7, 11) is 3.76. The van der Waals surface area contributed by atoms with E-state index in [1.807, 2.05) is 32.2 Å². The van der Waals surface area contributed by atoms with Gasteiger partial charge >= 0.3 is 12.1 Å². The molecule has 0 aliphatic carbocycles. The van der Waals surface area contributed by atoms with Crippen molar-refractivity contribution in [3.63, 3.8) is 0 Å². The van der Waals surface area contributed by atoms with E-state index in [1.165, 1.54) is 26.0 Å². The molecule has 34 heavy (non-hydrogen) atoms. The molecule has 182 valence electrons. The summed E-state index contributed by atoms with van der Waals surface area (Å²) in [5, 5.41) is 13.7.